The molecular formula is C12H23O. The van der Waals surface area contributed by atoms with E-state index in [0.29, 0.717) is 0 Å². The topological polar surface area (TPSA) is 9.23 Å². The van der Waals surface area contributed by atoms with E-state index in [1.54, 1.807) is 0 Å². The first kappa shape index (κ1) is 11.0. The van der Waals surface area contributed by atoms with Gasteiger partial charge in [0.15, 0.2) is 0 Å². The molecule has 1 aliphatic heterocycles. The van der Waals surface area contributed by atoms with Gasteiger partial charge in [-0.25, -0.2) is 0 Å². The summed E-state index contributed by atoms with van der Waals surface area (Å²) in [6.45, 7) is 5.49. The minimum absolute atomic E-state index is 0.798. The van der Waals surface area contributed by atoms with Crippen LogP contribution in [0.15, 0.2) is 0 Å². The van der Waals surface area contributed by atoms with E-state index in [0.717, 1.165) is 12.5 Å². The maximum atomic E-state index is 5.68. The Hall–Kier alpha value is -0.0400. The van der Waals surface area contributed by atoms with Crippen molar-refractivity contribution in [1.29, 1.82) is 0 Å². The van der Waals surface area contributed by atoms with Crippen LogP contribution >= 0.6 is 0 Å². The quantitative estimate of drug-likeness (QED) is 0.606. The molecule has 1 saturated heterocycles. The SMILES string of the molecule is CCCC[C]1OCCC1CCCC. The molecule has 0 aromatic heterocycles. The lowest BCUT2D eigenvalue weighted by Crippen LogP contribution is -2.06. The van der Waals surface area contributed by atoms with Crippen molar-refractivity contribution in [3.63, 3.8) is 0 Å². The van der Waals surface area contributed by atoms with Gasteiger partial charge in [0.25, 0.3) is 0 Å². The third-order valence-electron chi connectivity index (χ3n) is 2.89. The third kappa shape index (κ3) is 3.68. The summed E-state index contributed by atoms with van der Waals surface area (Å²) >= 11 is 0. The fourth-order valence-corrected chi connectivity index (χ4v) is 1.99. The van der Waals surface area contributed by atoms with Crippen LogP contribution in [-0.4, -0.2) is 6.61 Å². The summed E-state index contributed by atoms with van der Waals surface area (Å²) in [4.78, 5) is 0. The highest BCUT2D eigenvalue weighted by Crippen LogP contribution is 2.34. The number of unbranched alkanes of at least 4 members (excludes halogenated alkanes) is 2. The molecule has 0 spiro atoms. The summed E-state index contributed by atoms with van der Waals surface area (Å²) in [5, 5.41) is 0. The lowest BCUT2D eigenvalue weighted by molar-refractivity contribution is 0.172. The van der Waals surface area contributed by atoms with Gasteiger partial charge in [0, 0.05) is 6.61 Å². The van der Waals surface area contributed by atoms with Crippen LogP contribution in [0.2, 0.25) is 0 Å². The molecular weight excluding hydrogens is 160 g/mol. The molecule has 0 saturated carbocycles. The maximum Gasteiger partial charge on any atom is 0.100 e. The molecule has 0 amide bonds. The molecule has 13 heavy (non-hydrogen) atoms. The molecule has 1 rings (SSSR count). The zero-order chi connectivity index (χ0) is 9.52. The standard InChI is InChI=1S/C12H23O/c1-3-5-7-11-9-10-13-12(11)8-6-4-2/h11H,3-10H2,1-2H3. The second-order valence-corrected chi connectivity index (χ2v) is 4.05. The Balaban J connectivity index is 2.18. The van der Waals surface area contributed by atoms with Crippen molar-refractivity contribution >= 4 is 0 Å². The lowest BCUT2D eigenvalue weighted by Gasteiger charge is -2.16. The first-order chi connectivity index (χ1) is 6.38. The summed E-state index contributed by atoms with van der Waals surface area (Å²) in [7, 11) is 0. The number of ether oxygens (including phenoxy) is 1. The molecule has 1 atom stereocenters. The normalized spacial score (nSPS) is 24.0. The maximum absolute atomic E-state index is 5.68. The number of hydrogen-bond acceptors (Lipinski definition) is 1. The van der Waals surface area contributed by atoms with Gasteiger partial charge in [-0.05, 0) is 25.2 Å². The zero-order valence-corrected chi connectivity index (χ0v) is 9.14. The van der Waals surface area contributed by atoms with E-state index < -0.39 is 0 Å². The Morgan fingerprint density at radius 1 is 1.23 bits per heavy atom. The largest absolute Gasteiger partial charge is 0.372 e. The van der Waals surface area contributed by atoms with E-state index in [-0.39, 0.29) is 0 Å². The fraction of sp³-hybridized carbons (Fsp3) is 0.917. The molecule has 77 valence electrons. The Labute approximate surface area is 82.9 Å². The van der Waals surface area contributed by atoms with Crippen LogP contribution in [-0.2, 0) is 4.74 Å². The van der Waals surface area contributed by atoms with Crippen LogP contribution in [0.1, 0.15) is 58.8 Å². The Morgan fingerprint density at radius 3 is 2.69 bits per heavy atom. The summed E-state index contributed by atoms with van der Waals surface area (Å²) in [6, 6.07) is 0. The van der Waals surface area contributed by atoms with Crippen LogP contribution in [0.5, 0.6) is 0 Å². The summed E-state index contributed by atoms with van der Waals surface area (Å²) in [6.07, 6.45) is 10.5. The van der Waals surface area contributed by atoms with Gasteiger partial charge in [-0.1, -0.05) is 39.5 Å². The molecule has 1 aliphatic rings. The predicted octanol–water partition coefficient (Wildman–Crippen LogP) is 3.94. The average Bonchev–Trinajstić information content (AvgIpc) is 2.59. The Bertz CT molecular complexity index is 108. The first-order valence-corrected chi connectivity index (χ1v) is 5.87. The summed E-state index contributed by atoms with van der Waals surface area (Å²) in [5.41, 5.74) is 0. The van der Waals surface area contributed by atoms with E-state index in [1.165, 1.54) is 51.0 Å². The van der Waals surface area contributed by atoms with Gasteiger partial charge in [-0.3, -0.25) is 0 Å². The molecule has 1 unspecified atom stereocenters. The van der Waals surface area contributed by atoms with Gasteiger partial charge in [-0.2, -0.15) is 0 Å². The van der Waals surface area contributed by atoms with Gasteiger partial charge >= 0.3 is 0 Å². The van der Waals surface area contributed by atoms with E-state index in [4.69, 9.17) is 4.74 Å². The van der Waals surface area contributed by atoms with E-state index >= 15 is 0 Å². The average molecular weight is 183 g/mol. The molecule has 1 nitrogen and oxygen atoms in total. The lowest BCUT2D eigenvalue weighted by atomic mass is 9.92. The third-order valence-corrected chi connectivity index (χ3v) is 2.89. The highest BCUT2D eigenvalue weighted by atomic mass is 16.5. The minimum Gasteiger partial charge on any atom is -0.372 e. The highest BCUT2D eigenvalue weighted by Gasteiger charge is 2.27. The van der Waals surface area contributed by atoms with Crippen LogP contribution in [0, 0.1) is 12.0 Å². The van der Waals surface area contributed by atoms with Crippen molar-refractivity contribution in [1.82, 2.24) is 0 Å². The van der Waals surface area contributed by atoms with E-state index in [2.05, 4.69) is 13.8 Å². The molecule has 0 N–H and O–H groups in total. The van der Waals surface area contributed by atoms with Crippen molar-refractivity contribution in [2.75, 3.05) is 6.61 Å². The van der Waals surface area contributed by atoms with E-state index in [1.807, 2.05) is 0 Å². The monoisotopic (exact) mass is 183 g/mol. The summed E-state index contributed by atoms with van der Waals surface area (Å²) < 4.78 is 5.68. The Kier molecular flexibility index (Phi) is 5.45. The van der Waals surface area contributed by atoms with Crippen molar-refractivity contribution < 1.29 is 4.74 Å². The predicted molar refractivity (Wildman–Crippen MR) is 56.4 cm³/mol. The van der Waals surface area contributed by atoms with Crippen LogP contribution in [0.25, 0.3) is 0 Å². The number of rotatable bonds is 6. The van der Waals surface area contributed by atoms with Crippen LogP contribution < -0.4 is 0 Å². The van der Waals surface area contributed by atoms with Gasteiger partial charge in [0.1, 0.15) is 6.10 Å². The zero-order valence-electron chi connectivity index (χ0n) is 9.14. The smallest absolute Gasteiger partial charge is 0.100 e. The molecule has 0 aromatic carbocycles. The molecule has 1 heterocycles. The summed E-state index contributed by atoms with van der Waals surface area (Å²) in [5.74, 6) is 0.798. The van der Waals surface area contributed by atoms with Gasteiger partial charge < -0.3 is 4.74 Å². The van der Waals surface area contributed by atoms with Crippen LogP contribution in [0.3, 0.4) is 0 Å². The van der Waals surface area contributed by atoms with Gasteiger partial charge in [0.05, 0.1) is 0 Å². The molecule has 0 aliphatic carbocycles. The Morgan fingerprint density at radius 2 is 2.00 bits per heavy atom. The van der Waals surface area contributed by atoms with E-state index in [9.17, 15) is 0 Å². The van der Waals surface area contributed by atoms with Gasteiger partial charge in [-0.15, -0.1) is 0 Å². The fourth-order valence-electron chi connectivity index (χ4n) is 1.99. The molecule has 0 bridgehead atoms. The van der Waals surface area contributed by atoms with Crippen molar-refractivity contribution in [3.05, 3.63) is 6.10 Å². The number of hydrogen-bond donors (Lipinski definition) is 0. The molecule has 0 aromatic rings. The van der Waals surface area contributed by atoms with Crippen molar-refractivity contribution in [2.24, 2.45) is 5.92 Å². The second-order valence-electron chi connectivity index (χ2n) is 4.05. The minimum atomic E-state index is 0.798. The highest BCUT2D eigenvalue weighted by molar-refractivity contribution is 4.91. The van der Waals surface area contributed by atoms with Gasteiger partial charge in [0.2, 0.25) is 0 Å². The molecule has 1 fully saturated rings. The van der Waals surface area contributed by atoms with Crippen LogP contribution in [0.4, 0.5) is 0 Å². The molecule has 1 radical (unpaired) electrons. The van der Waals surface area contributed by atoms with Crippen molar-refractivity contribution in [2.45, 2.75) is 58.8 Å². The second kappa shape index (κ2) is 6.42. The first-order valence-electron chi connectivity index (χ1n) is 5.87. The molecule has 1 heteroatoms. The van der Waals surface area contributed by atoms with Crippen molar-refractivity contribution in [3.8, 4) is 0 Å².